The Kier molecular flexibility index (Phi) is 1.97. The Labute approximate surface area is 88.8 Å². The first-order chi connectivity index (χ1) is 7.38. The maximum Gasteiger partial charge on any atom is 0.0639 e. The van der Waals surface area contributed by atoms with E-state index >= 15 is 0 Å². The molecule has 2 aliphatic carbocycles. The van der Waals surface area contributed by atoms with Gasteiger partial charge in [-0.3, -0.25) is 4.98 Å². The minimum atomic E-state index is 0.427. The first-order valence-corrected chi connectivity index (χ1v) is 5.53. The number of hydrogen-bond donors (Lipinski definition) is 1. The third-order valence-electron chi connectivity index (χ3n) is 3.71. The van der Waals surface area contributed by atoms with Gasteiger partial charge in [-0.25, -0.2) is 0 Å². The molecule has 0 amide bonds. The van der Waals surface area contributed by atoms with Gasteiger partial charge >= 0.3 is 0 Å². The number of hydrogen-bond acceptors (Lipinski definition) is 3. The van der Waals surface area contributed by atoms with E-state index in [9.17, 15) is 0 Å². The number of pyridine rings is 1. The molecule has 3 rings (SSSR count). The Morgan fingerprint density at radius 1 is 1.27 bits per heavy atom. The van der Waals surface area contributed by atoms with Crippen LogP contribution in [0.3, 0.4) is 0 Å². The van der Waals surface area contributed by atoms with E-state index in [-0.39, 0.29) is 0 Å². The van der Waals surface area contributed by atoms with Crippen LogP contribution in [0, 0.1) is 11.8 Å². The molecule has 1 N–H and O–H groups in total. The summed E-state index contributed by atoms with van der Waals surface area (Å²) in [6, 6.07) is 4.14. The molecule has 78 valence electrons. The van der Waals surface area contributed by atoms with Crippen molar-refractivity contribution in [2.45, 2.75) is 25.7 Å². The van der Waals surface area contributed by atoms with Crippen molar-refractivity contribution in [2.24, 2.45) is 17.0 Å². The number of aromatic nitrogens is 1. The summed E-state index contributed by atoms with van der Waals surface area (Å²) in [6.45, 7) is 0. The number of nitrogens with zero attached hydrogens (tertiary/aromatic N) is 2. The average molecular weight is 202 g/mol. The van der Waals surface area contributed by atoms with Gasteiger partial charge in [0.25, 0.3) is 0 Å². The monoisotopic (exact) mass is 202 g/mol. The predicted molar refractivity (Wildman–Crippen MR) is 57.1 cm³/mol. The van der Waals surface area contributed by atoms with Gasteiger partial charge < -0.3 is 5.21 Å². The molecule has 0 spiro atoms. The Morgan fingerprint density at radius 3 is 2.87 bits per heavy atom. The normalized spacial score (nSPS) is 31.3. The summed E-state index contributed by atoms with van der Waals surface area (Å²) in [5.41, 5.74) is 3.55. The summed E-state index contributed by atoms with van der Waals surface area (Å²) in [5, 5.41) is 12.5. The first-order valence-electron chi connectivity index (χ1n) is 5.53. The van der Waals surface area contributed by atoms with Crippen LogP contribution < -0.4 is 0 Å². The van der Waals surface area contributed by atoms with Gasteiger partial charge in [0, 0.05) is 23.7 Å². The van der Waals surface area contributed by atoms with Crippen molar-refractivity contribution < 1.29 is 5.21 Å². The lowest BCUT2D eigenvalue weighted by atomic mass is 9.97. The standard InChI is InChI=1S/C12H14N2O/c15-14-12-9-3-4-10(12)7-11-8(6-9)2-1-5-13-11/h1-2,5,9-10,15H,3-4,6-7H2/b14-12-. The molecular weight excluding hydrogens is 188 g/mol. The molecule has 1 heterocycles. The molecule has 1 saturated carbocycles. The van der Waals surface area contributed by atoms with Crippen LogP contribution in [-0.4, -0.2) is 15.9 Å². The smallest absolute Gasteiger partial charge is 0.0639 e. The van der Waals surface area contributed by atoms with E-state index in [2.05, 4.69) is 16.2 Å². The van der Waals surface area contributed by atoms with Gasteiger partial charge in [-0.05, 0) is 37.3 Å². The van der Waals surface area contributed by atoms with E-state index in [4.69, 9.17) is 5.21 Å². The lowest BCUT2D eigenvalue weighted by molar-refractivity contribution is 0.313. The third kappa shape index (κ3) is 1.34. The van der Waals surface area contributed by atoms with E-state index < -0.39 is 0 Å². The lowest BCUT2D eigenvalue weighted by Gasteiger charge is -2.10. The second kappa shape index (κ2) is 3.33. The highest BCUT2D eigenvalue weighted by Crippen LogP contribution is 2.36. The molecule has 1 aromatic rings. The molecule has 2 unspecified atom stereocenters. The summed E-state index contributed by atoms with van der Waals surface area (Å²) >= 11 is 0. The maximum atomic E-state index is 9.04. The Balaban J connectivity index is 2.04. The van der Waals surface area contributed by atoms with Gasteiger partial charge in [-0.2, -0.15) is 0 Å². The molecule has 1 fully saturated rings. The van der Waals surface area contributed by atoms with Crippen LogP contribution >= 0.6 is 0 Å². The van der Waals surface area contributed by atoms with Gasteiger partial charge in [0.1, 0.15) is 0 Å². The molecular formula is C12H14N2O. The van der Waals surface area contributed by atoms with E-state index in [0.29, 0.717) is 11.8 Å². The molecule has 3 nitrogen and oxygen atoms in total. The zero-order chi connectivity index (χ0) is 10.3. The molecule has 2 aliphatic rings. The number of fused-ring (bicyclic) bond motifs is 3. The SMILES string of the molecule is O/N=C1/C2CCC1Cc1ncccc1C2. The highest BCUT2D eigenvalue weighted by Gasteiger charge is 2.36. The van der Waals surface area contributed by atoms with Crippen LogP contribution in [-0.2, 0) is 12.8 Å². The fourth-order valence-electron chi connectivity index (χ4n) is 2.95. The van der Waals surface area contributed by atoms with Gasteiger partial charge in [-0.1, -0.05) is 11.2 Å². The van der Waals surface area contributed by atoms with Crippen molar-refractivity contribution in [3.05, 3.63) is 29.6 Å². The maximum absolute atomic E-state index is 9.04. The molecule has 0 aliphatic heterocycles. The van der Waals surface area contributed by atoms with Gasteiger partial charge in [-0.15, -0.1) is 0 Å². The molecule has 0 aromatic carbocycles. The molecule has 15 heavy (non-hydrogen) atoms. The van der Waals surface area contributed by atoms with Crippen molar-refractivity contribution in [3.8, 4) is 0 Å². The van der Waals surface area contributed by atoms with Gasteiger partial charge in [0.2, 0.25) is 0 Å². The molecule has 1 aromatic heterocycles. The molecule has 2 bridgehead atoms. The first kappa shape index (κ1) is 8.89. The highest BCUT2D eigenvalue weighted by molar-refractivity contribution is 5.91. The quantitative estimate of drug-likeness (QED) is 0.517. The van der Waals surface area contributed by atoms with Crippen LogP contribution in [0.2, 0.25) is 0 Å². The van der Waals surface area contributed by atoms with Gasteiger partial charge in [0.05, 0.1) is 5.71 Å². The Bertz CT molecular complexity index is 379. The van der Waals surface area contributed by atoms with Gasteiger partial charge in [0.15, 0.2) is 0 Å². The largest absolute Gasteiger partial charge is 0.411 e. The van der Waals surface area contributed by atoms with Crippen molar-refractivity contribution in [1.82, 2.24) is 4.98 Å². The van der Waals surface area contributed by atoms with Crippen molar-refractivity contribution in [1.29, 1.82) is 0 Å². The summed E-state index contributed by atoms with van der Waals surface area (Å²) < 4.78 is 0. The second-order valence-electron chi connectivity index (χ2n) is 4.51. The van der Waals surface area contributed by atoms with Crippen molar-refractivity contribution in [2.75, 3.05) is 0 Å². The van der Waals surface area contributed by atoms with Crippen LogP contribution in [0.25, 0.3) is 0 Å². The highest BCUT2D eigenvalue weighted by atomic mass is 16.4. The molecule has 0 saturated heterocycles. The zero-order valence-electron chi connectivity index (χ0n) is 8.56. The van der Waals surface area contributed by atoms with Crippen LogP contribution in [0.5, 0.6) is 0 Å². The fraction of sp³-hybridized carbons (Fsp3) is 0.500. The van der Waals surface area contributed by atoms with Crippen molar-refractivity contribution in [3.63, 3.8) is 0 Å². The Morgan fingerprint density at radius 2 is 2.07 bits per heavy atom. The average Bonchev–Trinajstić information content (AvgIpc) is 2.54. The Hall–Kier alpha value is -1.38. The minimum Gasteiger partial charge on any atom is -0.411 e. The third-order valence-corrected chi connectivity index (χ3v) is 3.71. The minimum absolute atomic E-state index is 0.427. The summed E-state index contributed by atoms with van der Waals surface area (Å²) in [4.78, 5) is 4.43. The van der Waals surface area contributed by atoms with E-state index in [1.807, 2.05) is 12.3 Å². The number of oxime groups is 1. The van der Waals surface area contributed by atoms with E-state index in [1.165, 1.54) is 17.7 Å². The second-order valence-corrected chi connectivity index (χ2v) is 4.51. The van der Waals surface area contributed by atoms with Crippen molar-refractivity contribution >= 4 is 5.71 Å². The van der Waals surface area contributed by atoms with Crippen LogP contribution in [0.4, 0.5) is 0 Å². The summed E-state index contributed by atoms with van der Waals surface area (Å²) in [7, 11) is 0. The van der Waals surface area contributed by atoms with E-state index in [1.54, 1.807) is 0 Å². The van der Waals surface area contributed by atoms with E-state index in [0.717, 1.165) is 25.0 Å². The number of rotatable bonds is 0. The van der Waals surface area contributed by atoms with Crippen LogP contribution in [0.1, 0.15) is 24.1 Å². The lowest BCUT2D eigenvalue weighted by Crippen LogP contribution is -2.14. The van der Waals surface area contributed by atoms with Crippen LogP contribution in [0.15, 0.2) is 23.5 Å². The topological polar surface area (TPSA) is 45.5 Å². The molecule has 3 heteroatoms. The molecule has 2 atom stereocenters. The fourth-order valence-corrected chi connectivity index (χ4v) is 2.95. The zero-order valence-corrected chi connectivity index (χ0v) is 8.56. The predicted octanol–water partition coefficient (Wildman–Crippen LogP) is 2.04. The molecule has 0 radical (unpaired) electrons. The summed E-state index contributed by atoms with van der Waals surface area (Å²) in [6.07, 6.45) is 6.12. The summed E-state index contributed by atoms with van der Waals surface area (Å²) in [5.74, 6) is 0.876.